The Balaban J connectivity index is 1.21. The van der Waals surface area contributed by atoms with Gasteiger partial charge in [0.1, 0.15) is 30.0 Å². The Kier molecular flexibility index (Phi) is 9.07. The number of carboxylic acid groups (broad SMARTS) is 1. The molecule has 0 aromatic heterocycles. The monoisotopic (exact) mass is 537 g/mol. The van der Waals surface area contributed by atoms with E-state index in [1.807, 2.05) is 42.5 Å². The van der Waals surface area contributed by atoms with Gasteiger partial charge in [0.25, 0.3) is 11.1 Å². The smallest absolute Gasteiger partial charge is 0.407 e. The lowest BCUT2D eigenvalue weighted by Gasteiger charge is -2.22. The summed E-state index contributed by atoms with van der Waals surface area (Å²) in [5, 5.41) is 24.0. The van der Waals surface area contributed by atoms with Gasteiger partial charge in [-0.25, -0.2) is 4.79 Å². The predicted octanol–water partition coefficient (Wildman–Crippen LogP) is 4.16. The molecule has 3 aromatic carbocycles. The first-order valence-corrected chi connectivity index (χ1v) is 12.7. The van der Waals surface area contributed by atoms with Crippen molar-refractivity contribution >= 4 is 34.7 Å². The lowest BCUT2D eigenvalue weighted by molar-refractivity contribution is -0.118. The topological polar surface area (TPSA) is 137 Å². The zero-order chi connectivity index (χ0) is 26.9. The first-order chi connectivity index (χ1) is 18.4. The summed E-state index contributed by atoms with van der Waals surface area (Å²) < 4.78 is 11.4. The Morgan fingerprint density at radius 1 is 0.974 bits per heavy atom. The maximum Gasteiger partial charge on any atom is 0.407 e. The first-order valence-electron chi connectivity index (χ1n) is 11.8. The third-order valence-electron chi connectivity index (χ3n) is 5.56. The normalized spacial score (nSPS) is 15.4. The number of nitrogens with one attached hydrogen (secondary N) is 2. The Labute approximate surface area is 223 Å². The van der Waals surface area contributed by atoms with Gasteiger partial charge in [0.05, 0.1) is 6.54 Å². The number of amides is 3. The molecule has 0 bridgehead atoms. The minimum Gasteiger partial charge on any atom is -0.491 e. The van der Waals surface area contributed by atoms with E-state index >= 15 is 0 Å². The summed E-state index contributed by atoms with van der Waals surface area (Å²) in [7, 11) is 0. The highest BCUT2D eigenvalue weighted by atomic mass is 32.2. The Hall–Kier alpha value is -4.22. The second-order valence-electron chi connectivity index (χ2n) is 8.45. The molecule has 4 N–H and O–H groups in total. The highest BCUT2D eigenvalue weighted by Gasteiger charge is 2.31. The van der Waals surface area contributed by atoms with Crippen LogP contribution in [0.15, 0.2) is 78.9 Å². The third kappa shape index (κ3) is 7.89. The number of rotatable bonds is 12. The lowest BCUT2D eigenvalue weighted by atomic mass is 10.1. The van der Waals surface area contributed by atoms with E-state index in [4.69, 9.17) is 9.47 Å². The van der Waals surface area contributed by atoms with Crippen molar-refractivity contribution in [3.05, 3.63) is 84.4 Å². The molecular weight excluding hydrogens is 510 g/mol. The lowest BCUT2D eigenvalue weighted by Crippen LogP contribution is -2.40. The molecule has 198 valence electrons. The van der Waals surface area contributed by atoms with Crippen LogP contribution in [-0.4, -0.2) is 63.5 Å². The Bertz CT molecular complexity index is 1240. The molecule has 0 radical (unpaired) electrons. The summed E-state index contributed by atoms with van der Waals surface area (Å²) in [6.07, 6.45) is -1.73. The van der Waals surface area contributed by atoms with Gasteiger partial charge in [0.2, 0.25) is 0 Å². The number of benzene rings is 3. The first kappa shape index (κ1) is 26.8. The molecule has 3 amide bonds. The van der Waals surface area contributed by atoms with Crippen molar-refractivity contribution in [1.82, 2.24) is 10.2 Å². The molecule has 0 aliphatic carbocycles. The van der Waals surface area contributed by atoms with Gasteiger partial charge in [-0.1, -0.05) is 30.3 Å². The number of carbonyl (C=O) groups is 3. The van der Waals surface area contributed by atoms with Crippen molar-refractivity contribution in [1.29, 1.82) is 0 Å². The Morgan fingerprint density at radius 3 is 2.26 bits per heavy atom. The number of nitrogens with zero attached hydrogens (tertiary/aromatic N) is 1. The van der Waals surface area contributed by atoms with E-state index < -0.39 is 28.7 Å². The fourth-order valence-electron chi connectivity index (χ4n) is 3.63. The van der Waals surface area contributed by atoms with Crippen molar-refractivity contribution in [2.24, 2.45) is 0 Å². The molecule has 1 aliphatic heterocycles. The molecule has 11 heteroatoms. The van der Waals surface area contributed by atoms with Crippen molar-refractivity contribution in [2.75, 3.05) is 25.0 Å². The van der Waals surface area contributed by atoms with Gasteiger partial charge < -0.3 is 29.9 Å². The highest BCUT2D eigenvalue weighted by Crippen LogP contribution is 2.24. The summed E-state index contributed by atoms with van der Waals surface area (Å²) in [5.41, 5.74) is 1.54. The molecule has 1 aliphatic rings. The summed E-state index contributed by atoms with van der Waals surface area (Å²) in [6.45, 7) is 0.00455. The van der Waals surface area contributed by atoms with E-state index in [-0.39, 0.29) is 19.7 Å². The van der Waals surface area contributed by atoms with Gasteiger partial charge in [-0.05, 0) is 72.3 Å². The number of para-hydroxylation sites is 1. The average Bonchev–Trinajstić information content (AvgIpc) is 3.23. The van der Waals surface area contributed by atoms with Crippen molar-refractivity contribution in [3.63, 3.8) is 0 Å². The van der Waals surface area contributed by atoms with Crippen molar-refractivity contribution < 1.29 is 34.1 Å². The van der Waals surface area contributed by atoms with Crippen LogP contribution in [0.3, 0.4) is 0 Å². The molecule has 1 fully saturated rings. The number of ether oxygens (including phenoxy) is 2. The van der Waals surface area contributed by atoms with Crippen LogP contribution < -0.4 is 20.1 Å². The van der Waals surface area contributed by atoms with Gasteiger partial charge >= 0.3 is 6.09 Å². The molecule has 10 nitrogen and oxygen atoms in total. The summed E-state index contributed by atoms with van der Waals surface area (Å²) in [4.78, 5) is 35.8. The van der Waals surface area contributed by atoms with Crippen LogP contribution in [0.5, 0.6) is 17.2 Å². The molecule has 4 rings (SSSR count). The van der Waals surface area contributed by atoms with E-state index in [1.165, 1.54) is 0 Å². The molecule has 0 spiro atoms. The molecule has 1 saturated heterocycles. The Morgan fingerprint density at radius 2 is 1.63 bits per heavy atom. The number of imide groups is 1. The summed E-state index contributed by atoms with van der Waals surface area (Å²) >= 11 is 0.877. The molecule has 3 aromatic rings. The zero-order valence-corrected chi connectivity index (χ0v) is 21.1. The number of thioether (sulfide) groups is 1. The van der Waals surface area contributed by atoms with Crippen molar-refractivity contribution in [3.8, 4) is 17.2 Å². The van der Waals surface area contributed by atoms with Crippen LogP contribution in [0.1, 0.15) is 5.56 Å². The predicted molar refractivity (Wildman–Crippen MR) is 143 cm³/mol. The molecule has 1 unspecified atom stereocenters. The number of hydrogen-bond donors (Lipinski definition) is 4. The summed E-state index contributed by atoms with van der Waals surface area (Å²) in [6, 6.07) is 23.4. The summed E-state index contributed by atoms with van der Waals surface area (Å²) in [5.74, 6) is 1.49. The minimum absolute atomic E-state index is 0.0711. The van der Waals surface area contributed by atoms with Crippen LogP contribution in [-0.2, 0) is 11.2 Å². The quantitative estimate of drug-likeness (QED) is 0.268. The van der Waals surface area contributed by atoms with Gasteiger partial charge in [-0.15, -0.1) is 0 Å². The third-order valence-corrected chi connectivity index (χ3v) is 6.44. The largest absolute Gasteiger partial charge is 0.491 e. The zero-order valence-electron chi connectivity index (χ0n) is 20.3. The van der Waals surface area contributed by atoms with Crippen molar-refractivity contribution in [2.45, 2.75) is 17.9 Å². The van der Waals surface area contributed by atoms with E-state index in [0.29, 0.717) is 29.4 Å². The average molecular weight is 538 g/mol. The molecule has 0 saturated carbocycles. The fourth-order valence-corrected chi connectivity index (χ4v) is 4.36. The van der Waals surface area contributed by atoms with Gasteiger partial charge in [0, 0.05) is 12.2 Å². The van der Waals surface area contributed by atoms with Crippen LogP contribution >= 0.6 is 11.8 Å². The van der Waals surface area contributed by atoms with Crippen LogP contribution in [0.2, 0.25) is 0 Å². The second-order valence-corrected chi connectivity index (χ2v) is 9.52. The maximum absolute atomic E-state index is 11.7. The number of anilines is 1. The van der Waals surface area contributed by atoms with E-state index in [2.05, 4.69) is 10.6 Å². The van der Waals surface area contributed by atoms with Gasteiger partial charge in [0.15, 0.2) is 5.37 Å². The van der Waals surface area contributed by atoms with Crippen LogP contribution in [0.4, 0.5) is 15.3 Å². The van der Waals surface area contributed by atoms with E-state index in [0.717, 1.165) is 22.2 Å². The van der Waals surface area contributed by atoms with Gasteiger partial charge in [-0.2, -0.15) is 0 Å². The van der Waals surface area contributed by atoms with Crippen LogP contribution in [0, 0.1) is 0 Å². The molecule has 1 heterocycles. The van der Waals surface area contributed by atoms with Gasteiger partial charge in [-0.3, -0.25) is 14.9 Å². The SMILES string of the molecule is O=C1NC(=O)C(Nc2ccc(CCN(C[C@H](O)COc3ccc(Oc4ccccc4)cc3)C(=O)O)cc2)S1. The maximum atomic E-state index is 11.7. The number of aliphatic hydroxyl groups excluding tert-OH is 1. The number of aliphatic hydroxyl groups is 1. The number of hydrogen-bond acceptors (Lipinski definition) is 8. The number of carbonyl (C=O) groups excluding carboxylic acids is 2. The molecular formula is C27H27N3O7S. The van der Waals surface area contributed by atoms with Crippen LogP contribution in [0.25, 0.3) is 0 Å². The highest BCUT2D eigenvalue weighted by molar-refractivity contribution is 8.15. The fraction of sp³-hybridized carbons (Fsp3) is 0.222. The standard InChI is InChI=1S/C27H27N3O7S/c31-20(17-36-21-10-12-23(13-11-21)37-22-4-2-1-3-5-22)16-30(27(34)35)15-14-18-6-8-19(9-7-18)28-25-24(32)29-26(33)38-25/h1-13,20,25,28,31H,14-17H2,(H,34,35)(H,29,32,33)/t20-,25?/m0/s1. The van der Waals surface area contributed by atoms with E-state index in [1.54, 1.807) is 36.4 Å². The van der Waals surface area contributed by atoms with E-state index in [9.17, 15) is 24.6 Å². The molecule has 38 heavy (non-hydrogen) atoms. The second kappa shape index (κ2) is 12.8. The molecule has 2 atom stereocenters. The minimum atomic E-state index is -1.14.